The van der Waals surface area contributed by atoms with Gasteiger partial charge in [0.1, 0.15) is 11.4 Å². The van der Waals surface area contributed by atoms with Crippen molar-refractivity contribution in [3.8, 4) is 22.9 Å². The van der Waals surface area contributed by atoms with Crippen molar-refractivity contribution < 1.29 is 4.74 Å². The van der Waals surface area contributed by atoms with E-state index in [1.807, 2.05) is 84.9 Å². The molecule has 0 atom stereocenters. The zero-order chi connectivity index (χ0) is 15.5. The lowest BCUT2D eigenvalue weighted by molar-refractivity contribution is 0.465. The fourth-order valence-electron chi connectivity index (χ4n) is 2.44. The highest BCUT2D eigenvalue weighted by molar-refractivity contribution is 5.79. The molecule has 3 aromatic carbocycles. The third kappa shape index (κ3) is 2.77. The first-order valence-electron chi connectivity index (χ1n) is 7.45. The highest BCUT2D eigenvalue weighted by atomic mass is 16.5. The van der Waals surface area contributed by atoms with Gasteiger partial charge in [0.25, 0.3) is 0 Å². The molecule has 3 nitrogen and oxygen atoms in total. The van der Waals surface area contributed by atoms with E-state index in [-0.39, 0.29) is 0 Å². The molecule has 0 aliphatic heterocycles. The Labute approximate surface area is 134 Å². The molecule has 0 bridgehead atoms. The fourth-order valence-corrected chi connectivity index (χ4v) is 2.44. The average Bonchev–Trinajstić information content (AvgIpc) is 2.63. The first-order valence-corrected chi connectivity index (χ1v) is 7.45. The molecule has 0 N–H and O–H groups in total. The Morgan fingerprint density at radius 2 is 1.13 bits per heavy atom. The van der Waals surface area contributed by atoms with Gasteiger partial charge in [-0.25, -0.2) is 9.97 Å². The van der Waals surface area contributed by atoms with Crippen molar-refractivity contribution in [1.82, 2.24) is 9.97 Å². The summed E-state index contributed by atoms with van der Waals surface area (Å²) in [6.45, 7) is 0. The van der Waals surface area contributed by atoms with Crippen LogP contribution in [0.25, 0.3) is 22.3 Å². The largest absolute Gasteiger partial charge is 0.437 e. The molecule has 0 aliphatic carbocycles. The van der Waals surface area contributed by atoms with Gasteiger partial charge in [-0.15, -0.1) is 0 Å². The van der Waals surface area contributed by atoms with E-state index in [2.05, 4.69) is 4.98 Å². The van der Waals surface area contributed by atoms with Gasteiger partial charge in [-0.3, -0.25) is 0 Å². The Morgan fingerprint density at radius 1 is 0.565 bits per heavy atom. The summed E-state index contributed by atoms with van der Waals surface area (Å²) in [6, 6.07) is 27.4. The molecular formula is C20H14N2O. The first-order chi connectivity index (χ1) is 11.4. The van der Waals surface area contributed by atoms with Gasteiger partial charge in [0.2, 0.25) is 5.88 Å². The van der Waals surface area contributed by atoms with E-state index in [1.54, 1.807) is 0 Å². The molecule has 3 heteroatoms. The molecule has 0 radical (unpaired) electrons. The average molecular weight is 298 g/mol. The van der Waals surface area contributed by atoms with Crippen LogP contribution in [0, 0.1) is 0 Å². The number of para-hydroxylation sites is 3. The number of fused-ring (bicyclic) bond motifs is 1. The van der Waals surface area contributed by atoms with Gasteiger partial charge in [0.05, 0.1) is 11.0 Å². The molecule has 0 amide bonds. The monoisotopic (exact) mass is 298 g/mol. The summed E-state index contributed by atoms with van der Waals surface area (Å²) in [4.78, 5) is 9.42. The molecular weight excluding hydrogens is 284 g/mol. The predicted molar refractivity (Wildman–Crippen MR) is 91.5 cm³/mol. The molecule has 0 fully saturated rings. The molecule has 0 unspecified atom stereocenters. The summed E-state index contributed by atoms with van der Waals surface area (Å²) in [7, 11) is 0. The maximum Gasteiger partial charge on any atom is 0.246 e. The molecule has 1 heterocycles. The number of hydrogen-bond acceptors (Lipinski definition) is 3. The van der Waals surface area contributed by atoms with Crippen LogP contribution in [0.4, 0.5) is 0 Å². The molecule has 0 saturated carbocycles. The molecule has 1 aromatic heterocycles. The van der Waals surface area contributed by atoms with Crippen LogP contribution in [0.1, 0.15) is 0 Å². The molecule has 0 spiro atoms. The molecule has 0 aliphatic rings. The molecule has 4 rings (SSSR count). The van der Waals surface area contributed by atoms with Gasteiger partial charge in [-0.2, -0.15) is 0 Å². The second-order valence-corrected chi connectivity index (χ2v) is 5.15. The number of benzene rings is 3. The van der Waals surface area contributed by atoms with E-state index in [4.69, 9.17) is 9.72 Å². The third-order valence-corrected chi connectivity index (χ3v) is 3.54. The van der Waals surface area contributed by atoms with Gasteiger partial charge in [0.15, 0.2) is 0 Å². The van der Waals surface area contributed by atoms with Crippen molar-refractivity contribution in [3.63, 3.8) is 0 Å². The van der Waals surface area contributed by atoms with E-state index in [9.17, 15) is 0 Å². The minimum absolute atomic E-state index is 0.515. The van der Waals surface area contributed by atoms with Crippen LogP contribution in [0.2, 0.25) is 0 Å². The van der Waals surface area contributed by atoms with Crippen LogP contribution in [-0.2, 0) is 0 Å². The summed E-state index contributed by atoms with van der Waals surface area (Å²) in [5.41, 5.74) is 3.40. The topological polar surface area (TPSA) is 35.0 Å². The van der Waals surface area contributed by atoms with Gasteiger partial charge in [-0.05, 0) is 24.3 Å². The van der Waals surface area contributed by atoms with E-state index in [1.165, 1.54) is 0 Å². The minimum Gasteiger partial charge on any atom is -0.437 e. The number of hydrogen-bond donors (Lipinski definition) is 0. The summed E-state index contributed by atoms with van der Waals surface area (Å²) >= 11 is 0. The number of rotatable bonds is 3. The highest BCUT2D eigenvalue weighted by Gasteiger charge is 2.13. The minimum atomic E-state index is 0.515. The summed E-state index contributed by atoms with van der Waals surface area (Å²) in [6.07, 6.45) is 0. The van der Waals surface area contributed by atoms with Crippen LogP contribution in [0.5, 0.6) is 11.6 Å². The van der Waals surface area contributed by atoms with Crippen LogP contribution in [0.15, 0.2) is 84.9 Å². The predicted octanol–water partition coefficient (Wildman–Crippen LogP) is 5.09. The van der Waals surface area contributed by atoms with Crippen molar-refractivity contribution in [3.05, 3.63) is 84.9 Å². The Hall–Kier alpha value is -3.20. The van der Waals surface area contributed by atoms with Crippen molar-refractivity contribution in [2.75, 3.05) is 0 Å². The molecule has 110 valence electrons. The van der Waals surface area contributed by atoms with Gasteiger partial charge >= 0.3 is 0 Å². The summed E-state index contributed by atoms with van der Waals surface area (Å²) in [5.74, 6) is 1.26. The summed E-state index contributed by atoms with van der Waals surface area (Å²) < 4.78 is 6.00. The second kappa shape index (κ2) is 5.89. The molecule has 4 aromatic rings. The quantitative estimate of drug-likeness (QED) is 0.528. The van der Waals surface area contributed by atoms with Gasteiger partial charge in [-0.1, -0.05) is 60.7 Å². The summed E-state index contributed by atoms with van der Waals surface area (Å²) in [5, 5.41) is 0. The van der Waals surface area contributed by atoms with E-state index in [0.717, 1.165) is 28.0 Å². The van der Waals surface area contributed by atoms with Crippen LogP contribution >= 0.6 is 0 Å². The lowest BCUT2D eigenvalue weighted by Gasteiger charge is -2.11. The van der Waals surface area contributed by atoms with Crippen molar-refractivity contribution in [2.24, 2.45) is 0 Å². The lowest BCUT2D eigenvalue weighted by Crippen LogP contribution is -1.96. The van der Waals surface area contributed by atoms with E-state index >= 15 is 0 Å². The normalized spacial score (nSPS) is 10.6. The number of ether oxygens (including phenoxy) is 1. The Kier molecular flexibility index (Phi) is 3.45. The van der Waals surface area contributed by atoms with Crippen molar-refractivity contribution >= 4 is 11.0 Å². The smallest absolute Gasteiger partial charge is 0.246 e. The van der Waals surface area contributed by atoms with Crippen molar-refractivity contribution in [2.45, 2.75) is 0 Å². The fraction of sp³-hybridized carbons (Fsp3) is 0. The Bertz CT molecular complexity index is 937. The first kappa shape index (κ1) is 13.5. The van der Waals surface area contributed by atoms with Crippen LogP contribution in [0.3, 0.4) is 0 Å². The molecule has 0 saturated heterocycles. The SMILES string of the molecule is c1ccc(Oc2nc3ccccc3nc2-c2ccccc2)cc1. The molecule has 23 heavy (non-hydrogen) atoms. The lowest BCUT2D eigenvalue weighted by atomic mass is 10.1. The zero-order valence-electron chi connectivity index (χ0n) is 12.4. The van der Waals surface area contributed by atoms with E-state index in [0.29, 0.717) is 5.88 Å². The van der Waals surface area contributed by atoms with Gasteiger partial charge in [0, 0.05) is 5.56 Å². The van der Waals surface area contributed by atoms with Crippen LogP contribution < -0.4 is 4.74 Å². The van der Waals surface area contributed by atoms with E-state index < -0.39 is 0 Å². The van der Waals surface area contributed by atoms with Gasteiger partial charge < -0.3 is 4.74 Å². The van der Waals surface area contributed by atoms with Crippen molar-refractivity contribution in [1.29, 1.82) is 0 Å². The van der Waals surface area contributed by atoms with Crippen LogP contribution in [-0.4, -0.2) is 9.97 Å². The standard InChI is InChI=1S/C20H14N2O/c1-3-9-15(10-4-1)19-20(23-16-11-5-2-6-12-16)22-18-14-8-7-13-17(18)21-19/h1-14H. The highest BCUT2D eigenvalue weighted by Crippen LogP contribution is 2.31. The third-order valence-electron chi connectivity index (χ3n) is 3.54. The maximum absolute atomic E-state index is 6.00. The number of aromatic nitrogens is 2. The number of nitrogens with zero attached hydrogens (tertiary/aromatic N) is 2. The Morgan fingerprint density at radius 3 is 1.83 bits per heavy atom. The second-order valence-electron chi connectivity index (χ2n) is 5.15. The zero-order valence-corrected chi connectivity index (χ0v) is 12.4. The Balaban J connectivity index is 1.89. The maximum atomic E-state index is 6.00.